The van der Waals surface area contributed by atoms with Gasteiger partial charge in [-0.1, -0.05) is 19.9 Å². The fraction of sp³-hybridized carbons (Fsp3) is 0.692. The van der Waals surface area contributed by atoms with Crippen LogP contribution in [0.15, 0.2) is 17.5 Å². The van der Waals surface area contributed by atoms with Gasteiger partial charge in [0.25, 0.3) is 0 Å². The number of nitrogens with zero attached hydrogens (tertiary/aromatic N) is 1. The zero-order valence-electron chi connectivity index (χ0n) is 10.2. The predicted molar refractivity (Wildman–Crippen MR) is 70.7 cm³/mol. The first-order valence-electron chi connectivity index (χ1n) is 6.25. The van der Waals surface area contributed by atoms with Crippen molar-refractivity contribution in [1.29, 1.82) is 0 Å². The SMILES string of the molecule is CCC(N)C(c1cccs1)N1CCC(C)C1. The Morgan fingerprint density at radius 1 is 1.62 bits per heavy atom. The van der Waals surface area contributed by atoms with Gasteiger partial charge in [0.05, 0.1) is 6.04 Å². The molecule has 90 valence electrons. The molecule has 2 nitrogen and oxygen atoms in total. The number of rotatable bonds is 4. The van der Waals surface area contributed by atoms with Gasteiger partial charge in [0.2, 0.25) is 0 Å². The molecule has 1 aromatic heterocycles. The lowest BCUT2D eigenvalue weighted by atomic mass is 10.0. The maximum absolute atomic E-state index is 6.30. The molecular formula is C13H22N2S. The molecule has 1 aromatic rings. The van der Waals surface area contributed by atoms with E-state index >= 15 is 0 Å². The van der Waals surface area contributed by atoms with Crippen LogP contribution in [0.5, 0.6) is 0 Å². The van der Waals surface area contributed by atoms with Crippen LogP contribution in [-0.2, 0) is 0 Å². The number of hydrogen-bond donors (Lipinski definition) is 1. The van der Waals surface area contributed by atoms with Crippen LogP contribution in [0.2, 0.25) is 0 Å². The zero-order valence-corrected chi connectivity index (χ0v) is 11.0. The maximum Gasteiger partial charge on any atom is 0.0593 e. The molecule has 1 aliphatic rings. The first-order valence-corrected chi connectivity index (χ1v) is 7.13. The Morgan fingerprint density at radius 2 is 2.44 bits per heavy atom. The van der Waals surface area contributed by atoms with Crippen molar-refractivity contribution in [2.24, 2.45) is 11.7 Å². The van der Waals surface area contributed by atoms with Gasteiger partial charge in [-0.3, -0.25) is 4.90 Å². The van der Waals surface area contributed by atoms with Gasteiger partial charge in [-0.2, -0.15) is 0 Å². The average molecular weight is 238 g/mol. The van der Waals surface area contributed by atoms with E-state index in [1.807, 2.05) is 11.3 Å². The van der Waals surface area contributed by atoms with Gasteiger partial charge < -0.3 is 5.73 Å². The lowest BCUT2D eigenvalue weighted by Crippen LogP contribution is -2.39. The maximum atomic E-state index is 6.30. The topological polar surface area (TPSA) is 29.3 Å². The summed E-state index contributed by atoms with van der Waals surface area (Å²) in [6, 6.07) is 5.07. The Labute approximate surface area is 102 Å². The molecule has 1 aliphatic heterocycles. The van der Waals surface area contributed by atoms with Crippen molar-refractivity contribution < 1.29 is 0 Å². The summed E-state index contributed by atoms with van der Waals surface area (Å²) in [6.45, 7) is 6.93. The Bertz CT molecular complexity index is 310. The third-order valence-electron chi connectivity index (χ3n) is 3.56. The average Bonchev–Trinajstić information content (AvgIpc) is 2.91. The molecule has 3 unspecified atom stereocenters. The van der Waals surface area contributed by atoms with E-state index in [0.29, 0.717) is 6.04 Å². The van der Waals surface area contributed by atoms with Crippen molar-refractivity contribution in [3.05, 3.63) is 22.4 Å². The van der Waals surface area contributed by atoms with Gasteiger partial charge in [0.15, 0.2) is 0 Å². The number of hydrogen-bond acceptors (Lipinski definition) is 3. The van der Waals surface area contributed by atoms with Crippen LogP contribution in [0.3, 0.4) is 0 Å². The highest BCUT2D eigenvalue weighted by atomic mass is 32.1. The minimum absolute atomic E-state index is 0.268. The van der Waals surface area contributed by atoms with E-state index in [1.54, 1.807) is 0 Å². The van der Waals surface area contributed by atoms with Gasteiger partial charge in [-0.05, 0) is 36.8 Å². The van der Waals surface area contributed by atoms with E-state index in [4.69, 9.17) is 5.73 Å². The van der Waals surface area contributed by atoms with E-state index in [0.717, 1.165) is 12.3 Å². The first-order chi connectivity index (χ1) is 7.72. The highest BCUT2D eigenvalue weighted by Gasteiger charge is 2.30. The summed E-state index contributed by atoms with van der Waals surface area (Å²) in [5, 5.41) is 2.16. The highest BCUT2D eigenvalue weighted by Crippen LogP contribution is 2.32. The molecule has 1 saturated heterocycles. The normalized spacial score (nSPS) is 25.8. The van der Waals surface area contributed by atoms with E-state index in [2.05, 4.69) is 36.3 Å². The number of nitrogens with two attached hydrogens (primary N) is 1. The van der Waals surface area contributed by atoms with Gasteiger partial charge in [-0.15, -0.1) is 11.3 Å². The number of thiophene rings is 1. The highest BCUT2D eigenvalue weighted by molar-refractivity contribution is 7.10. The minimum Gasteiger partial charge on any atom is -0.326 e. The van der Waals surface area contributed by atoms with Crippen molar-refractivity contribution in [2.45, 2.75) is 38.8 Å². The summed E-state index contributed by atoms with van der Waals surface area (Å²) in [5.41, 5.74) is 6.30. The summed E-state index contributed by atoms with van der Waals surface area (Å²) in [5.74, 6) is 0.825. The van der Waals surface area contributed by atoms with Crippen molar-refractivity contribution in [3.63, 3.8) is 0 Å². The molecule has 16 heavy (non-hydrogen) atoms. The van der Waals surface area contributed by atoms with Crippen LogP contribution in [0, 0.1) is 5.92 Å². The molecule has 0 aromatic carbocycles. The van der Waals surface area contributed by atoms with Crippen molar-refractivity contribution in [3.8, 4) is 0 Å². The standard InChI is InChI=1S/C13H22N2S/c1-3-11(14)13(12-5-4-8-16-12)15-7-6-10(2)9-15/h4-5,8,10-11,13H,3,6-7,9,14H2,1-2H3. The second kappa shape index (κ2) is 5.30. The zero-order chi connectivity index (χ0) is 11.5. The summed E-state index contributed by atoms with van der Waals surface area (Å²) in [4.78, 5) is 4.01. The van der Waals surface area contributed by atoms with Gasteiger partial charge >= 0.3 is 0 Å². The summed E-state index contributed by atoms with van der Waals surface area (Å²) in [6.07, 6.45) is 2.37. The van der Waals surface area contributed by atoms with E-state index in [9.17, 15) is 0 Å². The molecule has 2 heterocycles. The third kappa shape index (κ3) is 2.47. The van der Waals surface area contributed by atoms with E-state index in [-0.39, 0.29) is 6.04 Å². The Kier molecular flexibility index (Phi) is 4.00. The van der Waals surface area contributed by atoms with Crippen LogP contribution in [0.1, 0.15) is 37.6 Å². The molecule has 3 heteroatoms. The first kappa shape index (κ1) is 12.1. The summed E-state index contributed by atoms with van der Waals surface area (Å²) >= 11 is 1.84. The lowest BCUT2D eigenvalue weighted by molar-refractivity contribution is 0.207. The number of likely N-dealkylation sites (tertiary alicyclic amines) is 1. The molecule has 1 fully saturated rings. The monoisotopic (exact) mass is 238 g/mol. The van der Waals surface area contributed by atoms with Crippen LogP contribution in [0.4, 0.5) is 0 Å². The van der Waals surface area contributed by atoms with E-state index < -0.39 is 0 Å². The molecule has 2 rings (SSSR count). The van der Waals surface area contributed by atoms with Crippen LogP contribution < -0.4 is 5.73 Å². The Hall–Kier alpha value is -0.380. The second-order valence-corrected chi connectivity index (χ2v) is 5.90. The van der Waals surface area contributed by atoms with E-state index in [1.165, 1.54) is 24.4 Å². The molecule has 3 atom stereocenters. The molecule has 0 amide bonds. The fourth-order valence-corrected chi connectivity index (χ4v) is 3.50. The van der Waals surface area contributed by atoms with Crippen molar-refractivity contribution >= 4 is 11.3 Å². The largest absolute Gasteiger partial charge is 0.326 e. The quantitative estimate of drug-likeness (QED) is 0.874. The fourth-order valence-electron chi connectivity index (χ4n) is 2.57. The van der Waals surface area contributed by atoms with Crippen molar-refractivity contribution in [2.75, 3.05) is 13.1 Å². The molecule has 0 saturated carbocycles. The summed E-state index contributed by atoms with van der Waals surface area (Å²) in [7, 11) is 0. The molecule has 0 radical (unpaired) electrons. The molecule has 0 bridgehead atoms. The van der Waals surface area contributed by atoms with Crippen LogP contribution >= 0.6 is 11.3 Å². The Balaban J connectivity index is 2.15. The third-order valence-corrected chi connectivity index (χ3v) is 4.50. The van der Waals surface area contributed by atoms with Gasteiger partial charge in [0.1, 0.15) is 0 Å². The minimum atomic E-state index is 0.268. The Morgan fingerprint density at radius 3 is 2.94 bits per heavy atom. The predicted octanol–water partition coefficient (Wildman–Crippen LogP) is 2.87. The lowest BCUT2D eigenvalue weighted by Gasteiger charge is -2.31. The smallest absolute Gasteiger partial charge is 0.0593 e. The molecular weight excluding hydrogens is 216 g/mol. The van der Waals surface area contributed by atoms with Crippen LogP contribution in [0.25, 0.3) is 0 Å². The molecule has 2 N–H and O–H groups in total. The van der Waals surface area contributed by atoms with Crippen molar-refractivity contribution in [1.82, 2.24) is 4.90 Å². The molecule has 0 spiro atoms. The second-order valence-electron chi connectivity index (χ2n) is 4.92. The van der Waals surface area contributed by atoms with Crippen LogP contribution in [-0.4, -0.2) is 24.0 Å². The summed E-state index contributed by atoms with van der Waals surface area (Å²) < 4.78 is 0. The van der Waals surface area contributed by atoms with Gasteiger partial charge in [-0.25, -0.2) is 0 Å². The van der Waals surface area contributed by atoms with Gasteiger partial charge in [0, 0.05) is 17.5 Å². The molecule has 0 aliphatic carbocycles.